The number of rotatable bonds is 4. The Bertz CT molecular complexity index is 1180. The summed E-state index contributed by atoms with van der Waals surface area (Å²) in [5.41, 5.74) is 5.21. The topological polar surface area (TPSA) is 59.5 Å². The molecule has 0 bridgehead atoms. The number of nitrogens with zero attached hydrogens (tertiary/aromatic N) is 2. The van der Waals surface area contributed by atoms with Crippen LogP contribution in [0.15, 0.2) is 60.9 Å². The molecule has 1 spiro atoms. The van der Waals surface area contributed by atoms with Gasteiger partial charge in [-0.05, 0) is 75.1 Å². The van der Waals surface area contributed by atoms with E-state index >= 15 is 0 Å². The highest BCUT2D eigenvalue weighted by Crippen LogP contribution is 2.56. The van der Waals surface area contributed by atoms with Crippen molar-refractivity contribution in [1.82, 2.24) is 9.55 Å². The first-order valence-corrected chi connectivity index (χ1v) is 12.2. The summed E-state index contributed by atoms with van der Waals surface area (Å²) >= 11 is 0. The van der Waals surface area contributed by atoms with Crippen molar-refractivity contribution in [2.75, 3.05) is 11.9 Å². The lowest BCUT2D eigenvalue weighted by molar-refractivity contribution is 0.0978. The molecule has 5 heteroatoms. The van der Waals surface area contributed by atoms with Gasteiger partial charge >= 0.3 is 0 Å². The van der Waals surface area contributed by atoms with Gasteiger partial charge in [0.05, 0.1) is 29.2 Å². The van der Waals surface area contributed by atoms with E-state index in [0.717, 1.165) is 62.2 Å². The van der Waals surface area contributed by atoms with Crippen LogP contribution in [0.1, 0.15) is 59.4 Å². The third-order valence-electron chi connectivity index (χ3n) is 8.22. The van der Waals surface area contributed by atoms with Crippen molar-refractivity contribution in [3.63, 3.8) is 0 Å². The Morgan fingerprint density at radius 3 is 2.85 bits per heavy atom. The number of ether oxygens (including phenoxy) is 1. The minimum Gasteiger partial charge on any atom is -0.370 e. The number of aryl methyl sites for hydroxylation is 2. The van der Waals surface area contributed by atoms with Gasteiger partial charge in [0.15, 0.2) is 0 Å². The highest BCUT2D eigenvalue weighted by atomic mass is 16.6. The lowest BCUT2D eigenvalue weighted by atomic mass is 9.58. The first-order valence-electron chi connectivity index (χ1n) is 12.2. The maximum Gasteiger partial charge on any atom is 0.257 e. The van der Waals surface area contributed by atoms with Crippen molar-refractivity contribution >= 4 is 11.6 Å². The lowest BCUT2D eigenvalue weighted by Crippen LogP contribution is -2.45. The zero-order valence-electron chi connectivity index (χ0n) is 19.2. The molecule has 1 amide bonds. The van der Waals surface area contributed by atoms with Crippen LogP contribution in [-0.4, -0.2) is 27.7 Å². The number of aromatic nitrogens is 2. The third kappa shape index (κ3) is 3.68. The summed E-state index contributed by atoms with van der Waals surface area (Å²) < 4.78 is 8.33. The van der Waals surface area contributed by atoms with Gasteiger partial charge in [-0.25, -0.2) is 0 Å². The molecule has 2 aromatic heterocycles. The molecule has 1 aliphatic carbocycles. The number of carbonyl (C=O) groups excluding carboxylic acids is 1. The predicted octanol–water partition coefficient (Wildman–Crippen LogP) is 5.29. The van der Waals surface area contributed by atoms with Crippen LogP contribution in [0.5, 0.6) is 0 Å². The van der Waals surface area contributed by atoms with Gasteiger partial charge in [0.25, 0.3) is 5.91 Å². The number of fused-ring (bicyclic) bond motifs is 3. The number of nitrogens with one attached hydrogen (secondary N) is 1. The summed E-state index contributed by atoms with van der Waals surface area (Å²) in [6, 6.07) is 16.8. The van der Waals surface area contributed by atoms with Crippen molar-refractivity contribution in [2.45, 2.75) is 63.0 Å². The Hall–Kier alpha value is -2.92. The molecular formula is C28H31N3O2. The van der Waals surface area contributed by atoms with Gasteiger partial charge in [-0.1, -0.05) is 30.3 Å². The Morgan fingerprint density at radius 1 is 1.21 bits per heavy atom. The number of hydrogen-bond donors (Lipinski definition) is 1. The first-order chi connectivity index (χ1) is 16.1. The quantitative estimate of drug-likeness (QED) is 0.560. The van der Waals surface area contributed by atoms with Gasteiger partial charge in [-0.15, -0.1) is 0 Å². The first kappa shape index (κ1) is 20.7. The van der Waals surface area contributed by atoms with E-state index < -0.39 is 0 Å². The third-order valence-corrected chi connectivity index (χ3v) is 8.22. The van der Waals surface area contributed by atoms with E-state index in [2.05, 4.69) is 57.5 Å². The van der Waals surface area contributed by atoms with Gasteiger partial charge in [-0.3, -0.25) is 9.78 Å². The smallest absolute Gasteiger partial charge is 0.257 e. The zero-order valence-corrected chi connectivity index (χ0v) is 19.2. The Morgan fingerprint density at radius 2 is 2.06 bits per heavy atom. The maximum atomic E-state index is 13.2. The predicted molar refractivity (Wildman–Crippen MR) is 128 cm³/mol. The second-order valence-corrected chi connectivity index (χ2v) is 10.2. The fraction of sp³-hybridized carbons (Fsp3) is 0.429. The molecule has 5 nitrogen and oxygen atoms in total. The molecule has 1 saturated heterocycles. The highest BCUT2D eigenvalue weighted by molar-refractivity contribution is 6.04. The largest absolute Gasteiger partial charge is 0.370 e. The summed E-state index contributed by atoms with van der Waals surface area (Å²) in [5.74, 6) is 0.512. The molecule has 170 valence electrons. The average molecular weight is 442 g/mol. The molecule has 0 unspecified atom stereocenters. The van der Waals surface area contributed by atoms with Crippen LogP contribution >= 0.6 is 0 Å². The molecule has 3 aliphatic rings. The average Bonchev–Trinajstić information content (AvgIpc) is 3.47. The van der Waals surface area contributed by atoms with Gasteiger partial charge < -0.3 is 14.6 Å². The molecule has 4 heterocycles. The molecule has 6 rings (SSSR count). The summed E-state index contributed by atoms with van der Waals surface area (Å²) in [5, 5.41) is 3.07. The zero-order chi connectivity index (χ0) is 22.5. The second-order valence-electron chi connectivity index (χ2n) is 10.2. The van der Waals surface area contributed by atoms with E-state index in [-0.39, 0.29) is 16.9 Å². The van der Waals surface area contributed by atoms with E-state index in [0.29, 0.717) is 5.92 Å². The number of pyridine rings is 1. The normalized spacial score (nSPS) is 28.0. The minimum absolute atomic E-state index is 0.0395. The molecule has 2 aliphatic heterocycles. The van der Waals surface area contributed by atoms with E-state index in [1.54, 1.807) is 6.20 Å². The van der Waals surface area contributed by atoms with Crippen molar-refractivity contribution in [3.8, 4) is 0 Å². The van der Waals surface area contributed by atoms with Crippen molar-refractivity contribution in [1.29, 1.82) is 0 Å². The van der Waals surface area contributed by atoms with E-state index in [9.17, 15) is 4.79 Å². The van der Waals surface area contributed by atoms with Crippen LogP contribution in [0.2, 0.25) is 0 Å². The lowest BCUT2D eigenvalue weighted by Gasteiger charge is -2.46. The second kappa shape index (κ2) is 7.84. The summed E-state index contributed by atoms with van der Waals surface area (Å²) in [6.45, 7) is 3.81. The van der Waals surface area contributed by atoms with Crippen LogP contribution in [0, 0.1) is 12.8 Å². The van der Waals surface area contributed by atoms with Gasteiger partial charge in [0, 0.05) is 30.0 Å². The number of amides is 1. The minimum atomic E-state index is -0.0594. The van der Waals surface area contributed by atoms with E-state index in [1.165, 1.54) is 17.7 Å². The molecule has 1 aromatic carbocycles. The molecular weight excluding hydrogens is 410 g/mol. The maximum absolute atomic E-state index is 13.2. The number of epoxide rings is 1. The monoisotopic (exact) mass is 441 g/mol. The van der Waals surface area contributed by atoms with Gasteiger partial charge in [0.2, 0.25) is 0 Å². The Labute approximate surface area is 195 Å². The van der Waals surface area contributed by atoms with E-state index in [4.69, 9.17) is 4.74 Å². The Kier molecular flexibility index (Phi) is 4.91. The van der Waals surface area contributed by atoms with Gasteiger partial charge in [0.1, 0.15) is 0 Å². The van der Waals surface area contributed by atoms with Crippen molar-refractivity contribution in [2.24, 2.45) is 5.92 Å². The number of anilines is 1. The molecule has 1 N–H and O–H groups in total. The van der Waals surface area contributed by atoms with Crippen molar-refractivity contribution < 1.29 is 9.53 Å². The van der Waals surface area contributed by atoms with Crippen molar-refractivity contribution in [3.05, 3.63) is 83.4 Å². The van der Waals surface area contributed by atoms with Crippen LogP contribution in [-0.2, 0) is 23.1 Å². The fourth-order valence-electron chi connectivity index (χ4n) is 6.33. The van der Waals surface area contributed by atoms with E-state index in [1.807, 2.05) is 19.1 Å². The molecule has 2 fully saturated rings. The van der Waals surface area contributed by atoms with Gasteiger partial charge in [-0.2, -0.15) is 0 Å². The van der Waals surface area contributed by atoms with Crippen LogP contribution < -0.4 is 5.32 Å². The number of hydrogen-bond acceptors (Lipinski definition) is 3. The number of benzene rings is 1. The molecule has 0 radical (unpaired) electrons. The standard InChI is InChI=1S/C28H31N3O2/c1-20-24(10-5-13-29-20)30-26(32)22-15-25-28(16-21-7-3-2-4-8-21)12-11-27(19-33-27)17-23(28)9-6-14-31(25)18-22/h2-5,7-8,10,13,15,18,23H,6,9,11-12,14,16-17,19H2,1H3,(H,30,32)/t23-,27+,28-/m1/s1. The SMILES string of the molecule is Cc1ncccc1NC(=O)c1cc2n(c1)CCC[C@@H]1C[C@@]3(CC[C@]21Cc1ccccc1)CO3. The summed E-state index contributed by atoms with van der Waals surface area (Å²) in [6.07, 6.45) is 10.6. The summed E-state index contributed by atoms with van der Waals surface area (Å²) in [7, 11) is 0. The molecule has 3 aromatic rings. The van der Waals surface area contributed by atoms with Crippen LogP contribution in [0.3, 0.4) is 0 Å². The Balaban J connectivity index is 1.38. The number of carbonyl (C=O) groups is 1. The van der Waals surface area contributed by atoms with Crippen LogP contribution in [0.25, 0.3) is 0 Å². The summed E-state index contributed by atoms with van der Waals surface area (Å²) in [4.78, 5) is 17.5. The molecule has 3 atom stereocenters. The van der Waals surface area contributed by atoms with Crippen LogP contribution in [0.4, 0.5) is 5.69 Å². The highest BCUT2D eigenvalue weighted by Gasteiger charge is 2.57. The molecule has 1 saturated carbocycles. The fourth-order valence-corrected chi connectivity index (χ4v) is 6.33. The molecule has 33 heavy (non-hydrogen) atoms.